The molecule has 1 aromatic carbocycles. The minimum Gasteiger partial charge on any atom is -0.489 e. The SMILES string of the molecule is CC(C)Oc1cncc(C(=O)OCCN(C)c2ccccc2)c1. The molecular weight excluding hydrogens is 292 g/mol. The van der Waals surface area contributed by atoms with Crippen LogP contribution in [0.1, 0.15) is 24.2 Å². The van der Waals surface area contributed by atoms with Crippen LogP contribution in [0.2, 0.25) is 0 Å². The van der Waals surface area contributed by atoms with Crippen LogP contribution < -0.4 is 9.64 Å². The van der Waals surface area contributed by atoms with Crippen molar-refractivity contribution in [3.8, 4) is 5.75 Å². The van der Waals surface area contributed by atoms with E-state index in [0.29, 0.717) is 24.5 Å². The first-order valence-corrected chi connectivity index (χ1v) is 7.61. The van der Waals surface area contributed by atoms with Gasteiger partial charge in [0, 0.05) is 18.9 Å². The van der Waals surface area contributed by atoms with E-state index < -0.39 is 5.97 Å². The molecule has 0 bridgehead atoms. The highest BCUT2D eigenvalue weighted by molar-refractivity contribution is 5.89. The zero-order chi connectivity index (χ0) is 16.7. The molecule has 0 atom stereocenters. The Balaban J connectivity index is 1.85. The van der Waals surface area contributed by atoms with Crippen LogP contribution in [-0.4, -0.2) is 37.3 Å². The van der Waals surface area contributed by atoms with Crippen LogP contribution in [-0.2, 0) is 4.74 Å². The first-order chi connectivity index (χ1) is 11.1. The molecule has 0 spiro atoms. The van der Waals surface area contributed by atoms with Gasteiger partial charge in [0.15, 0.2) is 0 Å². The van der Waals surface area contributed by atoms with Gasteiger partial charge in [-0.2, -0.15) is 0 Å². The number of ether oxygens (including phenoxy) is 2. The van der Waals surface area contributed by atoms with Gasteiger partial charge in [0.2, 0.25) is 0 Å². The van der Waals surface area contributed by atoms with Gasteiger partial charge in [-0.05, 0) is 32.0 Å². The minimum atomic E-state index is -0.395. The minimum absolute atomic E-state index is 0.0302. The van der Waals surface area contributed by atoms with Crippen molar-refractivity contribution in [2.45, 2.75) is 20.0 Å². The third-order valence-corrected chi connectivity index (χ3v) is 3.18. The number of aromatic nitrogens is 1. The molecular formula is C18H22N2O3. The first-order valence-electron chi connectivity index (χ1n) is 7.61. The maximum atomic E-state index is 12.1. The second-order valence-electron chi connectivity index (χ2n) is 5.47. The second-order valence-corrected chi connectivity index (χ2v) is 5.47. The lowest BCUT2D eigenvalue weighted by Crippen LogP contribution is -2.23. The van der Waals surface area contributed by atoms with E-state index in [1.807, 2.05) is 56.1 Å². The van der Waals surface area contributed by atoms with Crippen molar-refractivity contribution >= 4 is 11.7 Å². The number of esters is 1. The number of nitrogens with zero attached hydrogens (tertiary/aromatic N) is 2. The lowest BCUT2D eigenvalue weighted by molar-refractivity contribution is 0.0515. The number of anilines is 1. The molecule has 5 nitrogen and oxygen atoms in total. The lowest BCUT2D eigenvalue weighted by Gasteiger charge is -2.18. The zero-order valence-corrected chi connectivity index (χ0v) is 13.7. The Morgan fingerprint density at radius 3 is 2.65 bits per heavy atom. The molecule has 0 saturated carbocycles. The van der Waals surface area contributed by atoms with Crippen molar-refractivity contribution in [2.24, 2.45) is 0 Å². The van der Waals surface area contributed by atoms with Crippen molar-refractivity contribution in [1.82, 2.24) is 4.98 Å². The number of likely N-dealkylation sites (N-methyl/N-ethyl adjacent to an activating group) is 1. The number of hydrogen-bond donors (Lipinski definition) is 0. The van der Waals surface area contributed by atoms with Crippen molar-refractivity contribution in [3.05, 3.63) is 54.4 Å². The lowest BCUT2D eigenvalue weighted by atomic mass is 10.3. The van der Waals surface area contributed by atoms with Gasteiger partial charge >= 0.3 is 5.97 Å². The van der Waals surface area contributed by atoms with Crippen LogP contribution in [0.4, 0.5) is 5.69 Å². The Kier molecular flexibility index (Phi) is 5.97. The third kappa shape index (κ3) is 5.29. The van der Waals surface area contributed by atoms with Gasteiger partial charge in [0.25, 0.3) is 0 Å². The summed E-state index contributed by atoms with van der Waals surface area (Å²) in [7, 11) is 1.96. The topological polar surface area (TPSA) is 51.7 Å². The Morgan fingerprint density at radius 1 is 1.22 bits per heavy atom. The van der Waals surface area contributed by atoms with Crippen molar-refractivity contribution in [2.75, 3.05) is 25.1 Å². The average Bonchev–Trinajstić information content (AvgIpc) is 2.55. The quantitative estimate of drug-likeness (QED) is 0.735. The van der Waals surface area contributed by atoms with Gasteiger partial charge in [-0.3, -0.25) is 4.98 Å². The molecule has 0 saturated heterocycles. The van der Waals surface area contributed by atoms with Gasteiger partial charge in [-0.15, -0.1) is 0 Å². The number of carbonyl (C=O) groups is 1. The van der Waals surface area contributed by atoms with E-state index in [1.54, 1.807) is 12.3 Å². The zero-order valence-electron chi connectivity index (χ0n) is 13.7. The Labute approximate surface area is 136 Å². The third-order valence-electron chi connectivity index (χ3n) is 3.18. The molecule has 0 radical (unpaired) electrons. The van der Waals surface area contributed by atoms with Gasteiger partial charge in [0.1, 0.15) is 12.4 Å². The van der Waals surface area contributed by atoms with Crippen molar-refractivity contribution in [1.29, 1.82) is 0 Å². The molecule has 0 fully saturated rings. The summed E-state index contributed by atoms with van der Waals surface area (Å²) in [4.78, 5) is 18.1. The number of hydrogen-bond acceptors (Lipinski definition) is 5. The summed E-state index contributed by atoms with van der Waals surface area (Å²) in [6.07, 6.45) is 3.10. The summed E-state index contributed by atoms with van der Waals surface area (Å²) in [5.74, 6) is 0.170. The van der Waals surface area contributed by atoms with E-state index in [0.717, 1.165) is 5.69 Å². The average molecular weight is 314 g/mol. The Morgan fingerprint density at radius 2 is 1.96 bits per heavy atom. The number of carbonyl (C=O) groups excluding carboxylic acids is 1. The highest BCUT2D eigenvalue weighted by Crippen LogP contribution is 2.14. The molecule has 0 aliphatic rings. The predicted molar refractivity (Wildman–Crippen MR) is 90.0 cm³/mol. The fraction of sp³-hybridized carbons (Fsp3) is 0.333. The van der Waals surface area contributed by atoms with Crippen LogP contribution in [0.25, 0.3) is 0 Å². The molecule has 1 aromatic heterocycles. The van der Waals surface area contributed by atoms with Gasteiger partial charge in [-0.1, -0.05) is 18.2 Å². The molecule has 0 N–H and O–H groups in total. The maximum Gasteiger partial charge on any atom is 0.339 e. The van der Waals surface area contributed by atoms with Crippen LogP contribution in [0.3, 0.4) is 0 Å². The van der Waals surface area contributed by atoms with Crippen LogP contribution in [0.15, 0.2) is 48.8 Å². The van der Waals surface area contributed by atoms with Gasteiger partial charge in [-0.25, -0.2) is 4.79 Å². The summed E-state index contributed by atoms with van der Waals surface area (Å²) in [5, 5.41) is 0. The molecule has 0 amide bonds. The van der Waals surface area contributed by atoms with Crippen LogP contribution in [0, 0.1) is 0 Å². The summed E-state index contributed by atoms with van der Waals surface area (Å²) in [5.41, 5.74) is 1.48. The normalized spacial score (nSPS) is 10.4. The molecule has 2 aromatic rings. The molecule has 0 aliphatic heterocycles. The molecule has 23 heavy (non-hydrogen) atoms. The van der Waals surface area contributed by atoms with Gasteiger partial charge < -0.3 is 14.4 Å². The van der Waals surface area contributed by atoms with Gasteiger partial charge in [0.05, 0.1) is 24.4 Å². The highest BCUT2D eigenvalue weighted by Gasteiger charge is 2.10. The van der Waals surface area contributed by atoms with E-state index in [1.165, 1.54) is 6.20 Å². The summed E-state index contributed by atoms with van der Waals surface area (Å²) >= 11 is 0. The van der Waals surface area contributed by atoms with Crippen molar-refractivity contribution in [3.63, 3.8) is 0 Å². The van der Waals surface area contributed by atoms with Crippen LogP contribution in [0.5, 0.6) is 5.75 Å². The number of rotatable bonds is 7. The largest absolute Gasteiger partial charge is 0.489 e. The Hall–Kier alpha value is -2.56. The van der Waals surface area contributed by atoms with Crippen LogP contribution >= 0.6 is 0 Å². The monoisotopic (exact) mass is 314 g/mol. The Bertz CT molecular complexity index is 629. The number of benzene rings is 1. The predicted octanol–water partition coefficient (Wildman–Crippen LogP) is 3.16. The standard InChI is InChI=1S/C18H22N2O3/c1-14(2)23-17-11-15(12-19-13-17)18(21)22-10-9-20(3)16-7-5-4-6-8-16/h4-8,11-14H,9-10H2,1-3H3. The molecule has 122 valence electrons. The van der Waals surface area contributed by atoms with E-state index >= 15 is 0 Å². The fourth-order valence-corrected chi connectivity index (χ4v) is 2.04. The van der Waals surface area contributed by atoms with E-state index in [9.17, 15) is 4.79 Å². The smallest absolute Gasteiger partial charge is 0.339 e. The number of para-hydroxylation sites is 1. The second kappa shape index (κ2) is 8.17. The fourth-order valence-electron chi connectivity index (χ4n) is 2.04. The molecule has 0 unspecified atom stereocenters. The molecule has 1 heterocycles. The van der Waals surface area contributed by atoms with Crippen molar-refractivity contribution < 1.29 is 14.3 Å². The van der Waals surface area contributed by atoms with E-state index in [4.69, 9.17) is 9.47 Å². The molecule has 5 heteroatoms. The summed E-state index contributed by atoms with van der Waals surface area (Å²) < 4.78 is 10.8. The highest BCUT2D eigenvalue weighted by atomic mass is 16.5. The molecule has 0 aliphatic carbocycles. The number of pyridine rings is 1. The molecule has 2 rings (SSSR count). The van der Waals surface area contributed by atoms with E-state index in [2.05, 4.69) is 4.98 Å². The summed E-state index contributed by atoms with van der Waals surface area (Å²) in [6.45, 7) is 4.76. The summed E-state index contributed by atoms with van der Waals surface area (Å²) in [6, 6.07) is 11.6. The first kappa shape index (κ1) is 16.8. The van der Waals surface area contributed by atoms with E-state index in [-0.39, 0.29) is 6.10 Å². The maximum absolute atomic E-state index is 12.1.